The van der Waals surface area contributed by atoms with Gasteiger partial charge in [-0.3, -0.25) is 4.79 Å². The van der Waals surface area contributed by atoms with Crippen molar-refractivity contribution in [2.24, 2.45) is 0 Å². The zero-order valence-corrected chi connectivity index (χ0v) is 12.7. The van der Waals surface area contributed by atoms with Gasteiger partial charge in [0, 0.05) is 17.1 Å². The number of hydrogen-bond donors (Lipinski definition) is 1. The standard InChI is InChI=1S/C17H18ClNO2/c1-21-16-8-7-15(18)11-14(16)12-17(20)19-10-9-13-5-3-2-4-6-13/h2-8,11H,9-10,12H2,1H3,(H,19,20). The minimum absolute atomic E-state index is 0.0357. The first kappa shape index (κ1) is 15.4. The Balaban J connectivity index is 1.86. The van der Waals surface area contributed by atoms with Gasteiger partial charge in [-0.2, -0.15) is 0 Å². The summed E-state index contributed by atoms with van der Waals surface area (Å²) < 4.78 is 5.24. The van der Waals surface area contributed by atoms with Crippen LogP contribution in [0.2, 0.25) is 5.02 Å². The molecule has 0 saturated carbocycles. The first-order valence-corrected chi connectivity index (χ1v) is 7.20. The molecule has 0 aliphatic carbocycles. The highest BCUT2D eigenvalue weighted by molar-refractivity contribution is 6.30. The second-order valence-electron chi connectivity index (χ2n) is 4.72. The van der Waals surface area contributed by atoms with Crippen molar-refractivity contribution in [3.63, 3.8) is 0 Å². The Bertz CT molecular complexity index is 599. The number of hydrogen-bond acceptors (Lipinski definition) is 2. The number of carbonyl (C=O) groups excluding carboxylic acids is 1. The predicted molar refractivity (Wildman–Crippen MR) is 84.9 cm³/mol. The SMILES string of the molecule is COc1ccc(Cl)cc1CC(=O)NCCc1ccccc1. The Kier molecular flexibility index (Phi) is 5.64. The zero-order chi connectivity index (χ0) is 15.1. The molecule has 4 heteroatoms. The molecule has 0 aromatic heterocycles. The minimum Gasteiger partial charge on any atom is -0.496 e. The summed E-state index contributed by atoms with van der Waals surface area (Å²) in [5, 5.41) is 3.51. The van der Waals surface area contributed by atoms with Gasteiger partial charge < -0.3 is 10.1 Å². The molecule has 21 heavy (non-hydrogen) atoms. The van der Waals surface area contributed by atoms with E-state index >= 15 is 0 Å². The molecular formula is C17H18ClNO2. The minimum atomic E-state index is -0.0357. The van der Waals surface area contributed by atoms with Crippen molar-refractivity contribution in [3.8, 4) is 5.75 Å². The summed E-state index contributed by atoms with van der Waals surface area (Å²) in [6, 6.07) is 15.3. The van der Waals surface area contributed by atoms with Crippen molar-refractivity contribution in [1.82, 2.24) is 5.32 Å². The van der Waals surface area contributed by atoms with Gasteiger partial charge in [0.05, 0.1) is 13.5 Å². The van der Waals surface area contributed by atoms with Crippen LogP contribution in [0.1, 0.15) is 11.1 Å². The lowest BCUT2D eigenvalue weighted by atomic mass is 10.1. The molecule has 2 rings (SSSR count). The van der Waals surface area contributed by atoms with Crippen molar-refractivity contribution in [3.05, 3.63) is 64.7 Å². The van der Waals surface area contributed by atoms with Crippen LogP contribution < -0.4 is 10.1 Å². The fourth-order valence-electron chi connectivity index (χ4n) is 2.11. The summed E-state index contributed by atoms with van der Waals surface area (Å²) >= 11 is 5.95. The number of benzene rings is 2. The van der Waals surface area contributed by atoms with Crippen LogP contribution in [-0.4, -0.2) is 19.6 Å². The maximum Gasteiger partial charge on any atom is 0.224 e. The van der Waals surface area contributed by atoms with Gasteiger partial charge in [0.25, 0.3) is 0 Å². The summed E-state index contributed by atoms with van der Waals surface area (Å²) in [6.45, 7) is 0.617. The molecule has 0 spiro atoms. The monoisotopic (exact) mass is 303 g/mol. The molecule has 0 aliphatic rings. The number of amides is 1. The van der Waals surface area contributed by atoms with Gasteiger partial charge in [0.1, 0.15) is 5.75 Å². The van der Waals surface area contributed by atoms with E-state index in [0.29, 0.717) is 17.3 Å². The molecule has 1 N–H and O–H groups in total. The van der Waals surface area contributed by atoms with Crippen molar-refractivity contribution in [2.75, 3.05) is 13.7 Å². The van der Waals surface area contributed by atoms with Crippen LogP contribution in [0.25, 0.3) is 0 Å². The number of nitrogens with one attached hydrogen (secondary N) is 1. The van der Waals surface area contributed by atoms with E-state index in [2.05, 4.69) is 5.32 Å². The Labute approximate surface area is 129 Å². The van der Waals surface area contributed by atoms with Gasteiger partial charge in [0.2, 0.25) is 5.91 Å². The van der Waals surface area contributed by atoms with Crippen LogP contribution in [0.3, 0.4) is 0 Å². The van der Waals surface area contributed by atoms with Crippen LogP contribution in [0.15, 0.2) is 48.5 Å². The number of ether oxygens (including phenoxy) is 1. The van der Waals surface area contributed by atoms with E-state index in [1.54, 1.807) is 25.3 Å². The number of carbonyl (C=O) groups is 1. The fraction of sp³-hybridized carbons (Fsp3) is 0.235. The second kappa shape index (κ2) is 7.70. The van der Waals surface area contributed by atoms with Gasteiger partial charge in [-0.1, -0.05) is 41.9 Å². The lowest BCUT2D eigenvalue weighted by Gasteiger charge is -2.09. The second-order valence-corrected chi connectivity index (χ2v) is 5.15. The molecule has 0 saturated heterocycles. The van der Waals surface area contributed by atoms with E-state index in [0.717, 1.165) is 12.0 Å². The number of rotatable bonds is 6. The lowest BCUT2D eigenvalue weighted by Crippen LogP contribution is -2.27. The van der Waals surface area contributed by atoms with Crippen molar-refractivity contribution in [2.45, 2.75) is 12.8 Å². The average Bonchev–Trinajstić information content (AvgIpc) is 2.48. The van der Waals surface area contributed by atoms with Crippen molar-refractivity contribution >= 4 is 17.5 Å². The maximum absolute atomic E-state index is 12.0. The molecule has 0 radical (unpaired) electrons. The van der Waals surface area contributed by atoms with E-state index in [-0.39, 0.29) is 12.3 Å². The molecule has 0 unspecified atom stereocenters. The summed E-state index contributed by atoms with van der Waals surface area (Å²) in [5.41, 5.74) is 2.00. The zero-order valence-electron chi connectivity index (χ0n) is 11.9. The van der Waals surface area contributed by atoms with Crippen LogP contribution >= 0.6 is 11.6 Å². The molecule has 0 heterocycles. The highest BCUT2D eigenvalue weighted by Gasteiger charge is 2.09. The molecule has 2 aromatic carbocycles. The Morgan fingerprint density at radius 2 is 1.95 bits per heavy atom. The van der Waals surface area contributed by atoms with Crippen LogP contribution in [0.5, 0.6) is 5.75 Å². The maximum atomic E-state index is 12.0. The van der Waals surface area contributed by atoms with E-state index < -0.39 is 0 Å². The van der Waals surface area contributed by atoms with Crippen LogP contribution in [0.4, 0.5) is 0 Å². The van der Waals surface area contributed by atoms with E-state index in [1.165, 1.54) is 5.56 Å². The summed E-state index contributed by atoms with van der Waals surface area (Å²) in [4.78, 5) is 12.0. The van der Waals surface area contributed by atoms with Gasteiger partial charge in [0.15, 0.2) is 0 Å². The van der Waals surface area contributed by atoms with Crippen molar-refractivity contribution in [1.29, 1.82) is 0 Å². The van der Waals surface area contributed by atoms with Gasteiger partial charge >= 0.3 is 0 Å². The molecule has 2 aromatic rings. The van der Waals surface area contributed by atoms with E-state index in [4.69, 9.17) is 16.3 Å². The van der Waals surface area contributed by atoms with Gasteiger partial charge in [-0.25, -0.2) is 0 Å². The highest BCUT2D eigenvalue weighted by Crippen LogP contribution is 2.22. The molecule has 110 valence electrons. The third-order valence-electron chi connectivity index (χ3n) is 3.17. The molecule has 0 aliphatic heterocycles. The largest absolute Gasteiger partial charge is 0.496 e. The summed E-state index contributed by atoms with van der Waals surface area (Å²) in [7, 11) is 1.58. The van der Waals surface area contributed by atoms with Crippen molar-refractivity contribution < 1.29 is 9.53 Å². The van der Waals surface area contributed by atoms with Crippen LogP contribution in [-0.2, 0) is 17.6 Å². The summed E-state index contributed by atoms with van der Waals surface area (Å²) in [5.74, 6) is 0.643. The van der Waals surface area contributed by atoms with Gasteiger partial charge in [-0.05, 0) is 30.2 Å². The first-order chi connectivity index (χ1) is 10.2. The quantitative estimate of drug-likeness (QED) is 0.889. The smallest absolute Gasteiger partial charge is 0.224 e. The summed E-state index contributed by atoms with van der Waals surface area (Å²) in [6.07, 6.45) is 1.08. The number of methoxy groups -OCH3 is 1. The van der Waals surface area contributed by atoms with E-state index in [1.807, 2.05) is 30.3 Å². The van der Waals surface area contributed by atoms with E-state index in [9.17, 15) is 4.79 Å². The molecule has 0 atom stereocenters. The third kappa shape index (κ3) is 4.80. The molecular weight excluding hydrogens is 286 g/mol. The fourth-order valence-corrected chi connectivity index (χ4v) is 2.31. The Morgan fingerprint density at radius 3 is 2.67 bits per heavy atom. The normalized spacial score (nSPS) is 10.2. The molecule has 1 amide bonds. The first-order valence-electron chi connectivity index (χ1n) is 6.82. The highest BCUT2D eigenvalue weighted by atomic mass is 35.5. The topological polar surface area (TPSA) is 38.3 Å². The number of halogens is 1. The van der Waals surface area contributed by atoms with Gasteiger partial charge in [-0.15, -0.1) is 0 Å². The Morgan fingerprint density at radius 1 is 1.19 bits per heavy atom. The molecule has 0 bridgehead atoms. The Hall–Kier alpha value is -2.00. The molecule has 3 nitrogen and oxygen atoms in total. The third-order valence-corrected chi connectivity index (χ3v) is 3.41. The predicted octanol–water partition coefficient (Wildman–Crippen LogP) is 3.25. The molecule has 0 fully saturated rings. The van der Waals surface area contributed by atoms with Crippen LogP contribution in [0, 0.1) is 0 Å². The lowest BCUT2D eigenvalue weighted by molar-refractivity contribution is -0.120. The average molecular weight is 304 g/mol.